The molecule has 2 aromatic carbocycles. The SMILES string of the molecule is CC(C)C(=O)Nc1cc(NS(=O)(=O)c2ccccc2[N+](=O)[O-])ccc1O. The number of rotatable bonds is 6. The second-order valence-electron chi connectivity index (χ2n) is 5.71. The lowest BCUT2D eigenvalue weighted by molar-refractivity contribution is -0.387. The highest BCUT2D eigenvalue weighted by Gasteiger charge is 2.25. The van der Waals surface area contributed by atoms with E-state index in [-0.39, 0.29) is 28.9 Å². The van der Waals surface area contributed by atoms with Crippen LogP contribution in [-0.2, 0) is 14.8 Å². The summed E-state index contributed by atoms with van der Waals surface area (Å²) in [5, 5.41) is 23.3. The first-order valence-corrected chi connectivity index (χ1v) is 9.00. The molecule has 0 radical (unpaired) electrons. The first-order chi connectivity index (χ1) is 12.1. The van der Waals surface area contributed by atoms with E-state index < -0.39 is 25.5 Å². The van der Waals surface area contributed by atoms with Crippen LogP contribution in [0.2, 0.25) is 0 Å². The van der Waals surface area contributed by atoms with E-state index in [0.29, 0.717) is 0 Å². The lowest BCUT2D eigenvalue weighted by Gasteiger charge is -2.13. The molecular formula is C16H17N3O6S. The van der Waals surface area contributed by atoms with Gasteiger partial charge in [-0.15, -0.1) is 0 Å². The van der Waals surface area contributed by atoms with Crippen LogP contribution in [-0.4, -0.2) is 24.4 Å². The van der Waals surface area contributed by atoms with E-state index in [1.807, 2.05) is 0 Å². The van der Waals surface area contributed by atoms with Gasteiger partial charge in [-0.25, -0.2) is 8.42 Å². The van der Waals surface area contributed by atoms with Crippen LogP contribution in [0.1, 0.15) is 13.8 Å². The highest BCUT2D eigenvalue weighted by molar-refractivity contribution is 7.92. The van der Waals surface area contributed by atoms with Crippen molar-refractivity contribution >= 4 is 33.0 Å². The summed E-state index contributed by atoms with van der Waals surface area (Å²) in [7, 11) is -4.25. The smallest absolute Gasteiger partial charge is 0.289 e. The number of nitro groups is 1. The highest BCUT2D eigenvalue weighted by atomic mass is 32.2. The number of carbonyl (C=O) groups excluding carboxylic acids is 1. The molecular weight excluding hydrogens is 362 g/mol. The van der Waals surface area contributed by atoms with Crippen molar-refractivity contribution in [2.75, 3.05) is 10.0 Å². The lowest BCUT2D eigenvalue weighted by Crippen LogP contribution is -2.18. The van der Waals surface area contributed by atoms with Crippen molar-refractivity contribution in [3.8, 4) is 5.75 Å². The van der Waals surface area contributed by atoms with Gasteiger partial charge in [-0.1, -0.05) is 26.0 Å². The van der Waals surface area contributed by atoms with Crippen LogP contribution >= 0.6 is 0 Å². The molecule has 0 aliphatic rings. The molecule has 0 saturated heterocycles. The Morgan fingerprint density at radius 2 is 1.85 bits per heavy atom. The first kappa shape index (κ1) is 19.2. The van der Waals surface area contributed by atoms with Crippen molar-refractivity contribution in [1.29, 1.82) is 0 Å². The van der Waals surface area contributed by atoms with Crippen molar-refractivity contribution in [3.63, 3.8) is 0 Å². The molecule has 0 spiro atoms. The molecule has 0 heterocycles. The van der Waals surface area contributed by atoms with Gasteiger partial charge in [0.2, 0.25) is 5.91 Å². The highest BCUT2D eigenvalue weighted by Crippen LogP contribution is 2.30. The van der Waals surface area contributed by atoms with E-state index >= 15 is 0 Å². The molecule has 1 amide bonds. The minimum atomic E-state index is -4.25. The van der Waals surface area contributed by atoms with Gasteiger partial charge in [0.05, 0.1) is 16.3 Å². The Morgan fingerprint density at radius 3 is 2.46 bits per heavy atom. The molecule has 2 aromatic rings. The monoisotopic (exact) mass is 379 g/mol. The van der Waals surface area contributed by atoms with E-state index in [1.54, 1.807) is 13.8 Å². The molecule has 3 N–H and O–H groups in total. The van der Waals surface area contributed by atoms with Crippen molar-refractivity contribution in [2.24, 2.45) is 5.92 Å². The van der Waals surface area contributed by atoms with E-state index in [0.717, 1.165) is 12.1 Å². The maximum atomic E-state index is 12.5. The van der Waals surface area contributed by atoms with Gasteiger partial charge in [0.15, 0.2) is 4.90 Å². The zero-order valence-electron chi connectivity index (χ0n) is 14.0. The van der Waals surface area contributed by atoms with Gasteiger partial charge in [0, 0.05) is 12.0 Å². The molecule has 138 valence electrons. The number of amides is 1. The van der Waals surface area contributed by atoms with Crippen LogP contribution in [0.25, 0.3) is 0 Å². The number of aromatic hydroxyl groups is 1. The van der Waals surface area contributed by atoms with Crippen LogP contribution in [0.5, 0.6) is 5.75 Å². The third-order valence-corrected chi connectivity index (χ3v) is 4.81. The summed E-state index contributed by atoms with van der Waals surface area (Å²) in [6.45, 7) is 3.32. The number of carbonyl (C=O) groups is 1. The molecule has 0 bridgehead atoms. The van der Waals surface area contributed by atoms with Crippen LogP contribution in [0, 0.1) is 16.0 Å². The minimum absolute atomic E-state index is 0.0199. The van der Waals surface area contributed by atoms with Gasteiger partial charge >= 0.3 is 0 Å². The fraction of sp³-hybridized carbons (Fsp3) is 0.188. The Labute approximate surface area is 149 Å². The van der Waals surface area contributed by atoms with Crippen LogP contribution in [0.15, 0.2) is 47.4 Å². The van der Waals surface area contributed by atoms with Crippen LogP contribution in [0.4, 0.5) is 17.1 Å². The number of nitro benzene ring substituents is 1. The van der Waals surface area contributed by atoms with E-state index in [4.69, 9.17) is 0 Å². The summed E-state index contributed by atoms with van der Waals surface area (Å²) in [5.41, 5.74) is -0.515. The molecule has 0 aliphatic heterocycles. The topological polar surface area (TPSA) is 139 Å². The Hall–Kier alpha value is -3.14. The van der Waals surface area contributed by atoms with Gasteiger partial charge < -0.3 is 10.4 Å². The first-order valence-electron chi connectivity index (χ1n) is 7.52. The number of anilines is 2. The summed E-state index contributed by atoms with van der Waals surface area (Å²) in [6.07, 6.45) is 0. The second kappa shape index (κ2) is 7.40. The third kappa shape index (κ3) is 4.28. The number of sulfonamides is 1. The molecule has 0 saturated carbocycles. The average Bonchev–Trinajstić information content (AvgIpc) is 2.57. The number of benzene rings is 2. The lowest BCUT2D eigenvalue weighted by atomic mass is 10.2. The normalized spacial score (nSPS) is 11.2. The standard InChI is InChI=1S/C16H17N3O6S/c1-10(2)16(21)17-12-9-11(7-8-14(12)20)18-26(24,25)15-6-4-3-5-13(15)19(22)23/h3-10,18,20H,1-2H3,(H,17,21). The quantitative estimate of drug-likeness (QED) is 0.305. The largest absolute Gasteiger partial charge is 0.506 e. The number of hydrogen-bond donors (Lipinski definition) is 3. The van der Waals surface area contributed by atoms with Crippen molar-refractivity contribution in [3.05, 3.63) is 52.6 Å². The fourth-order valence-electron chi connectivity index (χ4n) is 2.02. The average molecular weight is 379 g/mol. The second-order valence-corrected chi connectivity index (χ2v) is 7.36. The zero-order valence-corrected chi connectivity index (χ0v) is 14.8. The summed E-state index contributed by atoms with van der Waals surface area (Å²) < 4.78 is 27.2. The number of nitrogens with one attached hydrogen (secondary N) is 2. The predicted octanol–water partition coefficient (Wildman–Crippen LogP) is 2.70. The molecule has 2 rings (SSSR count). The van der Waals surface area contributed by atoms with Crippen LogP contribution in [0.3, 0.4) is 0 Å². The Morgan fingerprint density at radius 1 is 1.19 bits per heavy atom. The number of hydrogen-bond acceptors (Lipinski definition) is 6. The Bertz CT molecular complexity index is 956. The summed E-state index contributed by atoms with van der Waals surface area (Å²) in [6, 6.07) is 8.62. The Kier molecular flexibility index (Phi) is 5.46. The molecule has 0 unspecified atom stereocenters. The van der Waals surface area contributed by atoms with Crippen LogP contribution < -0.4 is 10.0 Å². The third-order valence-electron chi connectivity index (χ3n) is 3.38. The molecule has 0 fully saturated rings. The van der Waals surface area contributed by atoms with Gasteiger partial charge in [-0.2, -0.15) is 0 Å². The van der Waals surface area contributed by atoms with Gasteiger partial charge in [-0.3, -0.25) is 19.6 Å². The molecule has 9 nitrogen and oxygen atoms in total. The minimum Gasteiger partial charge on any atom is -0.506 e. The summed E-state index contributed by atoms with van der Waals surface area (Å²) >= 11 is 0. The molecule has 0 aromatic heterocycles. The number of phenols is 1. The van der Waals surface area contributed by atoms with Crippen molar-refractivity contribution in [2.45, 2.75) is 18.7 Å². The van der Waals surface area contributed by atoms with Crippen molar-refractivity contribution < 1.29 is 23.2 Å². The fourth-order valence-corrected chi connectivity index (χ4v) is 3.24. The zero-order chi connectivity index (χ0) is 19.5. The molecule has 26 heavy (non-hydrogen) atoms. The maximum Gasteiger partial charge on any atom is 0.289 e. The Balaban J connectivity index is 2.36. The predicted molar refractivity (Wildman–Crippen MR) is 95.5 cm³/mol. The number of nitrogens with zero attached hydrogens (tertiary/aromatic N) is 1. The molecule has 0 aliphatic carbocycles. The van der Waals surface area contributed by atoms with Gasteiger partial charge in [-0.05, 0) is 24.3 Å². The number of phenolic OH excluding ortho intramolecular Hbond substituents is 1. The van der Waals surface area contributed by atoms with E-state index in [2.05, 4.69) is 10.0 Å². The summed E-state index contributed by atoms with van der Waals surface area (Å²) in [5.74, 6) is -0.951. The number of para-hydroxylation sites is 1. The van der Waals surface area contributed by atoms with Gasteiger partial charge in [0.1, 0.15) is 5.75 Å². The van der Waals surface area contributed by atoms with E-state index in [1.165, 1.54) is 30.3 Å². The maximum absolute atomic E-state index is 12.5. The van der Waals surface area contributed by atoms with Crippen molar-refractivity contribution in [1.82, 2.24) is 0 Å². The van der Waals surface area contributed by atoms with Gasteiger partial charge in [0.25, 0.3) is 15.7 Å². The molecule has 0 atom stereocenters. The van der Waals surface area contributed by atoms with E-state index in [9.17, 15) is 28.4 Å². The summed E-state index contributed by atoms with van der Waals surface area (Å²) in [4.78, 5) is 21.5. The molecule has 10 heteroatoms.